The molecule has 2 aromatic rings. The van der Waals surface area contributed by atoms with Crippen molar-refractivity contribution in [2.45, 2.75) is 19.0 Å². The maximum atomic E-state index is 12.0. The van der Waals surface area contributed by atoms with E-state index in [2.05, 4.69) is 5.32 Å². The van der Waals surface area contributed by atoms with Crippen LogP contribution >= 0.6 is 0 Å². The number of hydrogen-bond donors (Lipinski definition) is 2. The van der Waals surface area contributed by atoms with E-state index in [1.165, 1.54) is 13.2 Å². The standard InChI is InChI=1S/C16H17N3O5/c1-18-14(21)7-8-19(16(18)24)10-13(20)17-12(15(22)23)9-11-5-3-2-4-6-11/h2-8,12H,9-10H2,1H3,(H,17,20)(H,22,23)/t12-/m1/s1. The Hall–Kier alpha value is -3.16. The van der Waals surface area contributed by atoms with E-state index in [1.807, 2.05) is 6.07 Å². The van der Waals surface area contributed by atoms with E-state index in [0.29, 0.717) is 0 Å². The molecule has 0 saturated heterocycles. The third-order valence-corrected chi connectivity index (χ3v) is 3.49. The summed E-state index contributed by atoms with van der Waals surface area (Å²) in [7, 11) is 1.30. The van der Waals surface area contributed by atoms with Crippen molar-refractivity contribution in [3.8, 4) is 0 Å². The van der Waals surface area contributed by atoms with Gasteiger partial charge in [0, 0.05) is 25.7 Å². The van der Waals surface area contributed by atoms with Crippen LogP contribution in [0, 0.1) is 0 Å². The summed E-state index contributed by atoms with van der Waals surface area (Å²) in [4.78, 5) is 46.6. The average molecular weight is 331 g/mol. The lowest BCUT2D eigenvalue weighted by molar-refractivity contribution is -0.141. The zero-order valence-corrected chi connectivity index (χ0v) is 13.0. The maximum absolute atomic E-state index is 12.0. The molecule has 0 aliphatic heterocycles. The highest BCUT2D eigenvalue weighted by Gasteiger charge is 2.20. The fourth-order valence-electron chi connectivity index (χ4n) is 2.18. The van der Waals surface area contributed by atoms with Gasteiger partial charge in [0.2, 0.25) is 5.91 Å². The molecule has 0 bridgehead atoms. The summed E-state index contributed by atoms with van der Waals surface area (Å²) in [6.45, 7) is -0.370. The molecule has 0 saturated carbocycles. The van der Waals surface area contributed by atoms with E-state index >= 15 is 0 Å². The second-order valence-corrected chi connectivity index (χ2v) is 5.27. The highest BCUT2D eigenvalue weighted by atomic mass is 16.4. The molecule has 24 heavy (non-hydrogen) atoms. The van der Waals surface area contributed by atoms with Crippen LogP contribution in [-0.4, -0.2) is 32.2 Å². The molecular weight excluding hydrogens is 314 g/mol. The number of amides is 1. The van der Waals surface area contributed by atoms with Gasteiger partial charge in [-0.05, 0) is 5.56 Å². The quantitative estimate of drug-likeness (QED) is 0.731. The van der Waals surface area contributed by atoms with Crippen molar-refractivity contribution < 1.29 is 14.7 Å². The highest BCUT2D eigenvalue weighted by molar-refractivity contribution is 5.83. The van der Waals surface area contributed by atoms with Crippen LogP contribution < -0.4 is 16.6 Å². The molecule has 8 nitrogen and oxygen atoms in total. The Morgan fingerprint density at radius 1 is 1.17 bits per heavy atom. The zero-order valence-electron chi connectivity index (χ0n) is 13.0. The molecule has 1 aromatic carbocycles. The van der Waals surface area contributed by atoms with Crippen LogP contribution in [0.15, 0.2) is 52.2 Å². The SMILES string of the molecule is Cn1c(=O)ccn(CC(=O)N[C@H](Cc2ccccc2)C(=O)O)c1=O. The van der Waals surface area contributed by atoms with Crippen molar-refractivity contribution in [3.05, 3.63) is 69.0 Å². The molecule has 0 fully saturated rings. The second-order valence-electron chi connectivity index (χ2n) is 5.27. The minimum atomic E-state index is -1.17. The molecule has 0 spiro atoms. The molecule has 1 aromatic heterocycles. The van der Waals surface area contributed by atoms with Gasteiger partial charge in [0.05, 0.1) is 0 Å². The summed E-state index contributed by atoms with van der Waals surface area (Å²) < 4.78 is 1.91. The summed E-state index contributed by atoms with van der Waals surface area (Å²) >= 11 is 0. The lowest BCUT2D eigenvalue weighted by Crippen LogP contribution is -2.46. The number of benzene rings is 1. The number of rotatable bonds is 6. The minimum absolute atomic E-state index is 0.129. The monoisotopic (exact) mass is 331 g/mol. The van der Waals surface area contributed by atoms with Gasteiger partial charge in [-0.15, -0.1) is 0 Å². The maximum Gasteiger partial charge on any atom is 0.331 e. The van der Waals surface area contributed by atoms with Crippen molar-refractivity contribution in [1.29, 1.82) is 0 Å². The Balaban J connectivity index is 2.09. The summed E-state index contributed by atoms with van der Waals surface area (Å²) in [5.41, 5.74) is -0.360. The first-order valence-corrected chi connectivity index (χ1v) is 7.21. The normalized spacial score (nSPS) is 11.7. The number of carbonyl (C=O) groups is 2. The number of carboxylic acid groups (broad SMARTS) is 1. The molecule has 1 amide bonds. The van der Waals surface area contributed by atoms with E-state index in [-0.39, 0.29) is 13.0 Å². The van der Waals surface area contributed by atoms with Gasteiger partial charge in [0.1, 0.15) is 12.6 Å². The molecule has 0 radical (unpaired) electrons. The highest BCUT2D eigenvalue weighted by Crippen LogP contribution is 2.03. The van der Waals surface area contributed by atoms with E-state index in [4.69, 9.17) is 0 Å². The van der Waals surface area contributed by atoms with Gasteiger partial charge >= 0.3 is 11.7 Å². The molecular formula is C16H17N3O5. The van der Waals surface area contributed by atoms with Crippen LogP contribution in [0.3, 0.4) is 0 Å². The fourth-order valence-corrected chi connectivity index (χ4v) is 2.18. The number of aromatic nitrogens is 2. The van der Waals surface area contributed by atoms with Gasteiger partial charge < -0.3 is 10.4 Å². The van der Waals surface area contributed by atoms with Crippen LogP contribution in [0.25, 0.3) is 0 Å². The van der Waals surface area contributed by atoms with Crippen molar-refractivity contribution in [3.63, 3.8) is 0 Å². The topological polar surface area (TPSA) is 110 Å². The summed E-state index contributed by atoms with van der Waals surface area (Å²) in [5, 5.41) is 11.6. The molecule has 126 valence electrons. The van der Waals surface area contributed by atoms with Crippen LogP contribution in [-0.2, 0) is 29.6 Å². The van der Waals surface area contributed by atoms with Gasteiger partial charge in [-0.2, -0.15) is 0 Å². The first-order valence-electron chi connectivity index (χ1n) is 7.21. The van der Waals surface area contributed by atoms with E-state index < -0.39 is 29.2 Å². The van der Waals surface area contributed by atoms with Gasteiger partial charge in [-0.3, -0.25) is 18.7 Å². The van der Waals surface area contributed by atoms with Crippen molar-refractivity contribution >= 4 is 11.9 Å². The number of aliphatic carboxylic acids is 1. The molecule has 0 unspecified atom stereocenters. The Morgan fingerprint density at radius 3 is 2.46 bits per heavy atom. The summed E-state index contributed by atoms with van der Waals surface area (Å²) in [6.07, 6.45) is 1.33. The molecule has 0 aliphatic carbocycles. The molecule has 1 heterocycles. The average Bonchev–Trinajstić information content (AvgIpc) is 2.56. The Bertz CT molecular complexity index is 854. The molecule has 2 N–H and O–H groups in total. The van der Waals surface area contributed by atoms with Gasteiger partial charge in [0.25, 0.3) is 5.56 Å². The van der Waals surface area contributed by atoms with Gasteiger partial charge in [-0.25, -0.2) is 9.59 Å². The molecule has 0 aliphatic rings. The lowest BCUT2D eigenvalue weighted by Gasteiger charge is -2.15. The number of nitrogens with one attached hydrogen (secondary N) is 1. The van der Waals surface area contributed by atoms with Gasteiger partial charge in [-0.1, -0.05) is 30.3 Å². The summed E-state index contributed by atoms with van der Waals surface area (Å²) in [5.74, 6) is -1.79. The Kier molecular flexibility index (Phi) is 5.31. The number of carboxylic acids is 1. The Morgan fingerprint density at radius 2 is 1.83 bits per heavy atom. The predicted molar refractivity (Wildman–Crippen MR) is 85.7 cm³/mol. The summed E-state index contributed by atoms with van der Waals surface area (Å²) in [6, 6.07) is 8.94. The van der Waals surface area contributed by atoms with E-state index in [9.17, 15) is 24.3 Å². The minimum Gasteiger partial charge on any atom is -0.480 e. The number of nitrogens with zero attached hydrogens (tertiary/aromatic N) is 2. The van der Waals surface area contributed by atoms with Crippen LogP contribution in [0.1, 0.15) is 5.56 Å². The van der Waals surface area contributed by atoms with E-state index in [0.717, 1.165) is 20.8 Å². The third-order valence-electron chi connectivity index (χ3n) is 3.49. The third kappa shape index (κ3) is 4.19. The van der Waals surface area contributed by atoms with Crippen molar-refractivity contribution in [2.24, 2.45) is 7.05 Å². The number of carbonyl (C=O) groups excluding carboxylic acids is 1. The second kappa shape index (κ2) is 7.40. The van der Waals surface area contributed by atoms with Crippen molar-refractivity contribution in [1.82, 2.24) is 14.5 Å². The van der Waals surface area contributed by atoms with Crippen molar-refractivity contribution in [2.75, 3.05) is 0 Å². The fraction of sp³-hybridized carbons (Fsp3) is 0.250. The van der Waals surface area contributed by atoms with Gasteiger partial charge in [0.15, 0.2) is 0 Å². The Labute approximate surface area is 137 Å². The smallest absolute Gasteiger partial charge is 0.331 e. The largest absolute Gasteiger partial charge is 0.480 e. The van der Waals surface area contributed by atoms with Crippen LogP contribution in [0.2, 0.25) is 0 Å². The zero-order chi connectivity index (χ0) is 17.7. The molecule has 2 rings (SSSR count). The van der Waals surface area contributed by atoms with Crippen LogP contribution in [0.5, 0.6) is 0 Å². The first kappa shape index (κ1) is 17.2. The number of hydrogen-bond acceptors (Lipinski definition) is 4. The van der Waals surface area contributed by atoms with Crippen LogP contribution in [0.4, 0.5) is 0 Å². The predicted octanol–water partition coefficient (Wildman–Crippen LogP) is -0.641. The lowest BCUT2D eigenvalue weighted by atomic mass is 10.1. The van der Waals surface area contributed by atoms with E-state index in [1.54, 1.807) is 24.3 Å². The first-order chi connectivity index (χ1) is 11.4. The molecule has 8 heteroatoms. The molecule has 1 atom stereocenters.